The van der Waals surface area contributed by atoms with Crippen molar-refractivity contribution in [1.82, 2.24) is 20.6 Å². The molecule has 1 fully saturated rings. The molecule has 0 atom stereocenters. The highest BCUT2D eigenvalue weighted by molar-refractivity contribution is 5.91. The standard InChI is InChI=1S/C16H14N4O3/c21-16(14-7-13(19-23-14)11-5-6-11)17-8-10-1-3-12(4-2-10)15-18-9-22-20-15/h1-4,7,9,11H,5-6,8H2,(H,17,21). The van der Waals surface area contributed by atoms with Gasteiger partial charge in [-0.1, -0.05) is 34.6 Å². The van der Waals surface area contributed by atoms with Crippen molar-refractivity contribution in [2.75, 3.05) is 0 Å². The van der Waals surface area contributed by atoms with E-state index in [2.05, 4.69) is 20.6 Å². The van der Waals surface area contributed by atoms with E-state index in [0.717, 1.165) is 29.7 Å². The van der Waals surface area contributed by atoms with Gasteiger partial charge >= 0.3 is 0 Å². The zero-order valence-electron chi connectivity index (χ0n) is 12.2. The molecule has 0 saturated heterocycles. The van der Waals surface area contributed by atoms with Crippen LogP contribution in [0.2, 0.25) is 0 Å². The van der Waals surface area contributed by atoms with Crippen molar-refractivity contribution in [2.45, 2.75) is 25.3 Å². The zero-order valence-corrected chi connectivity index (χ0v) is 12.2. The molecule has 2 aromatic heterocycles. The van der Waals surface area contributed by atoms with Crippen LogP contribution in [-0.2, 0) is 6.54 Å². The second-order valence-electron chi connectivity index (χ2n) is 5.52. The normalized spacial score (nSPS) is 13.9. The van der Waals surface area contributed by atoms with E-state index in [9.17, 15) is 4.79 Å². The quantitative estimate of drug-likeness (QED) is 0.778. The van der Waals surface area contributed by atoms with Gasteiger partial charge in [-0.2, -0.15) is 4.98 Å². The first kappa shape index (κ1) is 13.7. The maximum Gasteiger partial charge on any atom is 0.290 e. The van der Waals surface area contributed by atoms with Gasteiger partial charge in [-0.25, -0.2) is 0 Å². The van der Waals surface area contributed by atoms with E-state index in [1.165, 1.54) is 6.39 Å². The van der Waals surface area contributed by atoms with Crippen LogP contribution in [0.15, 0.2) is 45.8 Å². The first-order valence-electron chi connectivity index (χ1n) is 7.40. The highest BCUT2D eigenvalue weighted by Crippen LogP contribution is 2.39. The lowest BCUT2D eigenvalue weighted by Crippen LogP contribution is -2.22. The smallest absolute Gasteiger partial charge is 0.290 e. The van der Waals surface area contributed by atoms with Gasteiger partial charge in [0, 0.05) is 24.1 Å². The summed E-state index contributed by atoms with van der Waals surface area (Å²) in [6.07, 6.45) is 3.54. The van der Waals surface area contributed by atoms with Crippen LogP contribution < -0.4 is 5.32 Å². The molecule has 0 radical (unpaired) electrons. The summed E-state index contributed by atoms with van der Waals surface area (Å²) in [5.41, 5.74) is 2.70. The Bertz CT molecular complexity index is 804. The number of benzene rings is 1. The number of hydrogen-bond acceptors (Lipinski definition) is 6. The molecule has 7 nitrogen and oxygen atoms in total. The Morgan fingerprint density at radius 3 is 2.74 bits per heavy atom. The minimum absolute atomic E-state index is 0.258. The van der Waals surface area contributed by atoms with Crippen LogP contribution in [0.25, 0.3) is 11.4 Å². The van der Waals surface area contributed by atoms with Gasteiger partial charge in [0.05, 0.1) is 5.69 Å². The second kappa shape index (κ2) is 5.68. The first-order valence-corrected chi connectivity index (χ1v) is 7.40. The molecule has 7 heteroatoms. The van der Waals surface area contributed by atoms with Gasteiger partial charge in [-0.05, 0) is 18.4 Å². The number of rotatable bonds is 5. The lowest BCUT2D eigenvalue weighted by atomic mass is 10.1. The number of nitrogens with one attached hydrogen (secondary N) is 1. The number of nitrogens with zero attached hydrogens (tertiary/aromatic N) is 3. The summed E-state index contributed by atoms with van der Waals surface area (Å²) in [6.45, 7) is 0.408. The van der Waals surface area contributed by atoms with Crippen LogP contribution in [0.1, 0.15) is 40.6 Å². The van der Waals surface area contributed by atoms with E-state index >= 15 is 0 Å². The lowest BCUT2D eigenvalue weighted by molar-refractivity contribution is 0.0914. The Hall–Kier alpha value is -2.96. The molecule has 0 bridgehead atoms. The number of carbonyl (C=O) groups is 1. The Morgan fingerprint density at radius 1 is 1.22 bits per heavy atom. The van der Waals surface area contributed by atoms with E-state index in [1.54, 1.807) is 6.07 Å². The summed E-state index contributed by atoms with van der Waals surface area (Å²) >= 11 is 0. The van der Waals surface area contributed by atoms with Crippen LogP contribution in [0, 0.1) is 0 Å². The average Bonchev–Trinajstić information content (AvgIpc) is 3.10. The van der Waals surface area contributed by atoms with Crippen molar-refractivity contribution >= 4 is 5.91 Å². The monoisotopic (exact) mass is 310 g/mol. The summed E-state index contributed by atoms with van der Waals surface area (Å²) in [5, 5.41) is 10.5. The number of aromatic nitrogens is 3. The fourth-order valence-electron chi connectivity index (χ4n) is 2.31. The zero-order chi connectivity index (χ0) is 15.6. The second-order valence-corrected chi connectivity index (χ2v) is 5.52. The van der Waals surface area contributed by atoms with Crippen molar-refractivity contribution in [2.24, 2.45) is 0 Å². The van der Waals surface area contributed by atoms with Gasteiger partial charge < -0.3 is 14.4 Å². The van der Waals surface area contributed by atoms with Crippen molar-refractivity contribution in [1.29, 1.82) is 0 Å². The van der Waals surface area contributed by atoms with Crippen LogP contribution in [0.4, 0.5) is 0 Å². The Kier molecular flexibility index (Phi) is 3.38. The Labute approximate surface area is 131 Å². The molecule has 1 aliphatic carbocycles. The molecule has 1 aromatic carbocycles. The Morgan fingerprint density at radius 2 is 2.04 bits per heavy atom. The molecule has 4 rings (SSSR count). The highest BCUT2D eigenvalue weighted by atomic mass is 16.5. The topological polar surface area (TPSA) is 94.1 Å². The van der Waals surface area contributed by atoms with Crippen molar-refractivity contribution in [3.8, 4) is 11.4 Å². The number of carbonyl (C=O) groups excluding carboxylic acids is 1. The summed E-state index contributed by atoms with van der Waals surface area (Å²) in [6, 6.07) is 9.30. The molecule has 1 aliphatic rings. The van der Waals surface area contributed by atoms with Gasteiger partial charge in [0.15, 0.2) is 0 Å². The minimum Gasteiger partial charge on any atom is -0.351 e. The first-order chi connectivity index (χ1) is 11.3. The van der Waals surface area contributed by atoms with Crippen LogP contribution in [-0.4, -0.2) is 21.2 Å². The molecule has 1 amide bonds. The summed E-state index contributed by atoms with van der Waals surface area (Å²) in [4.78, 5) is 16.0. The SMILES string of the molecule is O=C(NCc1ccc(-c2ncon2)cc1)c1cc(C2CC2)no1. The molecule has 2 heterocycles. The van der Waals surface area contributed by atoms with E-state index in [0.29, 0.717) is 18.3 Å². The summed E-state index contributed by atoms with van der Waals surface area (Å²) in [5.74, 6) is 1.01. The average molecular weight is 310 g/mol. The number of amides is 1. The van der Waals surface area contributed by atoms with Crippen molar-refractivity contribution < 1.29 is 13.8 Å². The molecule has 23 heavy (non-hydrogen) atoms. The molecule has 1 N–H and O–H groups in total. The van der Waals surface area contributed by atoms with E-state index in [-0.39, 0.29) is 11.7 Å². The highest BCUT2D eigenvalue weighted by Gasteiger charge is 2.28. The van der Waals surface area contributed by atoms with E-state index in [1.807, 2.05) is 24.3 Å². The molecule has 1 saturated carbocycles. The van der Waals surface area contributed by atoms with Crippen LogP contribution >= 0.6 is 0 Å². The third-order valence-electron chi connectivity index (χ3n) is 3.77. The van der Waals surface area contributed by atoms with E-state index < -0.39 is 0 Å². The maximum absolute atomic E-state index is 12.1. The lowest BCUT2D eigenvalue weighted by Gasteiger charge is -2.03. The van der Waals surface area contributed by atoms with Crippen LogP contribution in [0.3, 0.4) is 0 Å². The van der Waals surface area contributed by atoms with Gasteiger partial charge in [0.2, 0.25) is 18.0 Å². The third-order valence-corrected chi connectivity index (χ3v) is 3.77. The third kappa shape index (κ3) is 2.98. The van der Waals surface area contributed by atoms with Crippen molar-refractivity contribution in [3.05, 3.63) is 53.7 Å². The molecular weight excluding hydrogens is 296 g/mol. The molecule has 116 valence electrons. The predicted molar refractivity (Wildman–Crippen MR) is 79.4 cm³/mol. The van der Waals surface area contributed by atoms with Gasteiger partial charge in [-0.15, -0.1) is 0 Å². The van der Waals surface area contributed by atoms with Gasteiger partial charge in [-0.3, -0.25) is 4.79 Å². The molecule has 3 aromatic rings. The van der Waals surface area contributed by atoms with Crippen molar-refractivity contribution in [3.63, 3.8) is 0 Å². The Balaban J connectivity index is 1.37. The predicted octanol–water partition coefficient (Wildman–Crippen LogP) is 2.53. The maximum atomic E-state index is 12.1. The number of hydrogen-bond donors (Lipinski definition) is 1. The fraction of sp³-hybridized carbons (Fsp3) is 0.250. The molecule has 0 unspecified atom stereocenters. The summed E-state index contributed by atoms with van der Waals surface area (Å²) < 4.78 is 9.81. The van der Waals surface area contributed by atoms with E-state index in [4.69, 9.17) is 9.05 Å². The fourth-order valence-corrected chi connectivity index (χ4v) is 2.31. The summed E-state index contributed by atoms with van der Waals surface area (Å²) in [7, 11) is 0. The molecule has 0 spiro atoms. The molecular formula is C16H14N4O3. The van der Waals surface area contributed by atoms with Gasteiger partial charge in [0.25, 0.3) is 5.91 Å². The van der Waals surface area contributed by atoms with Crippen LogP contribution in [0.5, 0.6) is 0 Å². The molecule has 0 aliphatic heterocycles. The van der Waals surface area contributed by atoms with Gasteiger partial charge in [0.1, 0.15) is 0 Å². The largest absolute Gasteiger partial charge is 0.351 e. The minimum atomic E-state index is -0.258.